The van der Waals surface area contributed by atoms with Crippen molar-refractivity contribution in [1.82, 2.24) is 4.90 Å². The van der Waals surface area contributed by atoms with Crippen LogP contribution in [0.4, 0.5) is 0 Å². The molecule has 0 amide bonds. The molecule has 2 nitrogen and oxygen atoms in total. The van der Waals surface area contributed by atoms with Gasteiger partial charge in [-0.3, -0.25) is 4.90 Å². The Morgan fingerprint density at radius 3 is 2.89 bits per heavy atom. The third-order valence-corrected chi connectivity index (χ3v) is 4.44. The zero-order valence-electron chi connectivity index (χ0n) is 11.3. The topological polar surface area (TPSA) is 12.5 Å². The summed E-state index contributed by atoms with van der Waals surface area (Å²) in [6.45, 7) is 4.59. The molecule has 2 rings (SSSR count). The van der Waals surface area contributed by atoms with Gasteiger partial charge in [-0.2, -0.15) is 0 Å². The molecule has 0 radical (unpaired) electrons. The molecule has 0 spiro atoms. The Hall–Kier alpha value is -0.540. The van der Waals surface area contributed by atoms with Gasteiger partial charge in [0.25, 0.3) is 0 Å². The Kier molecular flexibility index (Phi) is 5.07. The van der Waals surface area contributed by atoms with Gasteiger partial charge in [-0.15, -0.1) is 0 Å². The Morgan fingerprint density at radius 1 is 1.39 bits per heavy atom. The summed E-state index contributed by atoms with van der Waals surface area (Å²) in [6.07, 6.45) is 5.35. The third kappa shape index (κ3) is 3.27. The van der Waals surface area contributed by atoms with Gasteiger partial charge in [0.1, 0.15) is 5.75 Å². The Balaban J connectivity index is 2.05. The van der Waals surface area contributed by atoms with Gasteiger partial charge in [-0.25, -0.2) is 0 Å². The van der Waals surface area contributed by atoms with Crippen molar-refractivity contribution in [2.24, 2.45) is 0 Å². The molecule has 1 aromatic carbocycles. The number of benzene rings is 1. The zero-order chi connectivity index (χ0) is 13.0. The zero-order valence-corrected chi connectivity index (χ0v) is 12.9. The molecule has 0 aromatic heterocycles. The maximum atomic E-state index is 5.27. The average molecular weight is 312 g/mol. The number of methoxy groups -OCH3 is 1. The lowest BCUT2D eigenvalue weighted by molar-refractivity contribution is 0.136. The van der Waals surface area contributed by atoms with E-state index in [9.17, 15) is 0 Å². The van der Waals surface area contributed by atoms with Crippen molar-refractivity contribution in [2.45, 2.75) is 45.2 Å². The van der Waals surface area contributed by atoms with E-state index in [2.05, 4.69) is 39.9 Å². The summed E-state index contributed by atoms with van der Waals surface area (Å²) < 4.78 is 6.32. The summed E-state index contributed by atoms with van der Waals surface area (Å²) in [5, 5.41) is 0. The average Bonchev–Trinajstić information content (AvgIpc) is 2.39. The number of halogens is 1. The fourth-order valence-electron chi connectivity index (χ4n) is 2.77. The highest BCUT2D eigenvalue weighted by Gasteiger charge is 2.20. The van der Waals surface area contributed by atoms with Gasteiger partial charge in [0.05, 0.1) is 11.6 Å². The first-order chi connectivity index (χ1) is 8.74. The number of rotatable bonds is 4. The van der Waals surface area contributed by atoms with Crippen LogP contribution in [0.1, 0.15) is 38.2 Å². The smallest absolute Gasteiger partial charge is 0.133 e. The van der Waals surface area contributed by atoms with Crippen LogP contribution >= 0.6 is 15.9 Å². The molecule has 18 heavy (non-hydrogen) atoms. The van der Waals surface area contributed by atoms with E-state index in [1.807, 2.05) is 6.07 Å². The summed E-state index contributed by atoms with van der Waals surface area (Å²) >= 11 is 3.56. The van der Waals surface area contributed by atoms with E-state index < -0.39 is 0 Å². The maximum absolute atomic E-state index is 5.27. The molecule has 0 N–H and O–H groups in total. The molecule has 0 saturated carbocycles. The van der Waals surface area contributed by atoms with Gasteiger partial charge in [-0.1, -0.05) is 19.4 Å². The highest BCUT2D eigenvalue weighted by Crippen LogP contribution is 2.27. The standard InChI is InChI=1S/C15H22BrNO/c1-3-13-6-4-5-9-17(13)11-12-7-8-15(18-2)14(16)10-12/h7-8,10,13H,3-6,9,11H2,1-2H3. The first-order valence-corrected chi connectivity index (χ1v) is 7.60. The first kappa shape index (κ1) is 13.9. The fraction of sp³-hybridized carbons (Fsp3) is 0.600. The summed E-state index contributed by atoms with van der Waals surface area (Å²) in [5.41, 5.74) is 1.36. The van der Waals surface area contributed by atoms with E-state index in [4.69, 9.17) is 4.74 Å². The van der Waals surface area contributed by atoms with Crippen LogP contribution in [-0.2, 0) is 6.54 Å². The van der Waals surface area contributed by atoms with Gasteiger partial charge in [0.15, 0.2) is 0 Å². The highest BCUT2D eigenvalue weighted by atomic mass is 79.9. The minimum atomic E-state index is 0.764. The highest BCUT2D eigenvalue weighted by molar-refractivity contribution is 9.10. The quantitative estimate of drug-likeness (QED) is 0.825. The van der Waals surface area contributed by atoms with Crippen molar-refractivity contribution in [1.29, 1.82) is 0 Å². The van der Waals surface area contributed by atoms with Crippen molar-refractivity contribution in [2.75, 3.05) is 13.7 Å². The van der Waals surface area contributed by atoms with E-state index >= 15 is 0 Å². The molecule has 1 aromatic rings. The van der Waals surface area contributed by atoms with Crippen LogP contribution in [0, 0.1) is 0 Å². The lowest BCUT2D eigenvalue weighted by atomic mass is 9.99. The second-order valence-corrected chi connectivity index (χ2v) is 5.85. The number of piperidine rings is 1. The summed E-state index contributed by atoms with van der Waals surface area (Å²) in [5.74, 6) is 0.907. The predicted molar refractivity (Wildman–Crippen MR) is 79.0 cm³/mol. The second-order valence-electron chi connectivity index (χ2n) is 5.00. The molecule has 1 unspecified atom stereocenters. The van der Waals surface area contributed by atoms with Crippen LogP contribution in [0.15, 0.2) is 22.7 Å². The van der Waals surface area contributed by atoms with Crippen LogP contribution in [0.25, 0.3) is 0 Å². The van der Waals surface area contributed by atoms with E-state index in [0.717, 1.165) is 22.8 Å². The molecule has 1 fully saturated rings. The Bertz CT molecular complexity index is 394. The third-order valence-electron chi connectivity index (χ3n) is 3.82. The molecule has 0 aliphatic carbocycles. The predicted octanol–water partition coefficient (Wildman–Crippen LogP) is 4.22. The van der Waals surface area contributed by atoms with Gasteiger partial charge < -0.3 is 4.74 Å². The first-order valence-electron chi connectivity index (χ1n) is 6.81. The molecule has 1 aliphatic rings. The van der Waals surface area contributed by atoms with E-state index in [1.54, 1.807) is 7.11 Å². The van der Waals surface area contributed by atoms with Crippen molar-refractivity contribution in [3.63, 3.8) is 0 Å². The van der Waals surface area contributed by atoms with Crippen LogP contribution in [0.5, 0.6) is 5.75 Å². The SMILES string of the molecule is CCC1CCCCN1Cc1ccc(OC)c(Br)c1. The minimum Gasteiger partial charge on any atom is -0.496 e. The molecule has 1 saturated heterocycles. The molecular formula is C15H22BrNO. The number of nitrogens with zero attached hydrogens (tertiary/aromatic N) is 1. The van der Waals surface area contributed by atoms with E-state index in [0.29, 0.717) is 0 Å². The second kappa shape index (κ2) is 6.58. The van der Waals surface area contributed by atoms with Crippen LogP contribution in [0.2, 0.25) is 0 Å². The van der Waals surface area contributed by atoms with Gasteiger partial charge in [-0.05, 0) is 59.4 Å². The van der Waals surface area contributed by atoms with Crippen LogP contribution in [0.3, 0.4) is 0 Å². The van der Waals surface area contributed by atoms with Crippen molar-refractivity contribution in [3.8, 4) is 5.75 Å². The molecule has 0 bridgehead atoms. The van der Waals surface area contributed by atoms with Crippen molar-refractivity contribution in [3.05, 3.63) is 28.2 Å². The molecular weight excluding hydrogens is 290 g/mol. The summed E-state index contributed by atoms with van der Waals surface area (Å²) in [7, 11) is 1.71. The summed E-state index contributed by atoms with van der Waals surface area (Å²) in [4.78, 5) is 2.62. The molecule has 1 aliphatic heterocycles. The van der Waals surface area contributed by atoms with Crippen LogP contribution < -0.4 is 4.74 Å². The van der Waals surface area contributed by atoms with E-state index in [1.165, 1.54) is 37.8 Å². The largest absolute Gasteiger partial charge is 0.496 e. The van der Waals surface area contributed by atoms with Gasteiger partial charge >= 0.3 is 0 Å². The van der Waals surface area contributed by atoms with Gasteiger partial charge in [0.2, 0.25) is 0 Å². The maximum Gasteiger partial charge on any atom is 0.133 e. The normalized spacial score (nSPS) is 20.9. The molecule has 1 heterocycles. The van der Waals surface area contributed by atoms with Gasteiger partial charge in [0, 0.05) is 12.6 Å². The number of ether oxygens (including phenoxy) is 1. The van der Waals surface area contributed by atoms with E-state index in [-0.39, 0.29) is 0 Å². The lowest BCUT2D eigenvalue weighted by Crippen LogP contribution is -2.38. The molecule has 1 atom stereocenters. The Labute approximate surface area is 118 Å². The van der Waals surface area contributed by atoms with Crippen molar-refractivity contribution >= 4 is 15.9 Å². The molecule has 3 heteroatoms. The summed E-state index contributed by atoms with van der Waals surface area (Å²) in [6, 6.07) is 7.16. The van der Waals surface area contributed by atoms with Crippen molar-refractivity contribution < 1.29 is 4.74 Å². The monoisotopic (exact) mass is 311 g/mol. The lowest BCUT2D eigenvalue weighted by Gasteiger charge is -2.35. The number of likely N-dealkylation sites (tertiary alicyclic amines) is 1. The molecule has 100 valence electrons. The fourth-order valence-corrected chi connectivity index (χ4v) is 3.36. The number of hydrogen-bond acceptors (Lipinski definition) is 2. The van der Waals surface area contributed by atoms with Crippen LogP contribution in [-0.4, -0.2) is 24.6 Å². The number of hydrogen-bond donors (Lipinski definition) is 0. The Morgan fingerprint density at radius 2 is 2.22 bits per heavy atom. The minimum absolute atomic E-state index is 0.764.